The molecule has 2 aromatic rings. The molecular weight excluding hydrogens is 222 g/mol. The maximum Gasteiger partial charge on any atom is 0.343 e. The molecule has 6 nitrogen and oxygen atoms in total. The van der Waals surface area contributed by atoms with Gasteiger partial charge in [0, 0.05) is 5.39 Å². The van der Waals surface area contributed by atoms with E-state index in [-0.39, 0.29) is 12.0 Å². The summed E-state index contributed by atoms with van der Waals surface area (Å²) in [5, 5.41) is 7.31. The molecule has 0 aromatic carbocycles. The van der Waals surface area contributed by atoms with E-state index in [9.17, 15) is 4.79 Å². The predicted molar refractivity (Wildman–Crippen MR) is 61.0 cm³/mol. The molecule has 2 aromatic heterocycles. The number of pyridine rings is 1. The molecule has 90 valence electrons. The van der Waals surface area contributed by atoms with Gasteiger partial charge in [-0.2, -0.15) is 10.1 Å². The number of nitrogens with one attached hydrogen (secondary N) is 1. The Morgan fingerprint density at radius 2 is 2.24 bits per heavy atom. The third kappa shape index (κ3) is 2.20. The molecule has 0 aliphatic carbocycles. The molecule has 6 heteroatoms. The van der Waals surface area contributed by atoms with Crippen LogP contribution < -0.4 is 4.74 Å². The lowest BCUT2D eigenvalue weighted by Gasteiger charge is -2.11. The van der Waals surface area contributed by atoms with E-state index in [0.29, 0.717) is 11.2 Å². The van der Waals surface area contributed by atoms with Gasteiger partial charge in [-0.15, -0.1) is 0 Å². The van der Waals surface area contributed by atoms with Crippen LogP contribution in [0.2, 0.25) is 0 Å². The number of carbonyl (C=O) groups is 1. The lowest BCUT2D eigenvalue weighted by Crippen LogP contribution is -2.12. The number of hydrogen-bond acceptors (Lipinski definition) is 5. The summed E-state index contributed by atoms with van der Waals surface area (Å²) in [6.45, 7) is 3.72. The molecule has 0 unspecified atom stereocenters. The standard InChI is InChI=1S/C11H13N3O3/c1-6(2)17-10-8(11(15)16-3)4-7-5-12-14-9(7)13-10/h4-6H,1-3H3,(H,12,13,14). The molecule has 0 spiro atoms. The van der Waals surface area contributed by atoms with E-state index in [1.807, 2.05) is 13.8 Å². The maximum absolute atomic E-state index is 11.6. The normalized spacial score (nSPS) is 10.8. The first-order valence-electron chi connectivity index (χ1n) is 5.21. The molecule has 0 aliphatic heterocycles. The summed E-state index contributed by atoms with van der Waals surface area (Å²) in [5.74, 6) is -0.222. The van der Waals surface area contributed by atoms with Crippen molar-refractivity contribution >= 4 is 17.0 Å². The summed E-state index contributed by atoms with van der Waals surface area (Å²) >= 11 is 0. The number of hydrogen-bond donors (Lipinski definition) is 1. The van der Waals surface area contributed by atoms with E-state index in [1.54, 1.807) is 12.3 Å². The Labute approximate surface area is 97.9 Å². The second-order valence-electron chi connectivity index (χ2n) is 3.81. The average Bonchev–Trinajstić information content (AvgIpc) is 2.73. The van der Waals surface area contributed by atoms with Crippen LogP contribution in [0.4, 0.5) is 0 Å². The molecule has 0 radical (unpaired) electrons. The number of ether oxygens (including phenoxy) is 2. The number of aromatic amines is 1. The zero-order valence-electron chi connectivity index (χ0n) is 9.85. The van der Waals surface area contributed by atoms with Crippen LogP contribution in [0.15, 0.2) is 12.3 Å². The largest absolute Gasteiger partial charge is 0.474 e. The van der Waals surface area contributed by atoms with Gasteiger partial charge in [-0.05, 0) is 19.9 Å². The zero-order chi connectivity index (χ0) is 12.4. The molecule has 0 amide bonds. The van der Waals surface area contributed by atoms with Crippen LogP contribution in [0.1, 0.15) is 24.2 Å². The molecule has 0 saturated carbocycles. The van der Waals surface area contributed by atoms with Crippen molar-refractivity contribution in [2.45, 2.75) is 20.0 Å². The molecule has 2 rings (SSSR count). The van der Waals surface area contributed by atoms with E-state index < -0.39 is 5.97 Å². The number of rotatable bonds is 3. The fourth-order valence-electron chi connectivity index (χ4n) is 1.43. The van der Waals surface area contributed by atoms with E-state index in [0.717, 1.165) is 5.39 Å². The van der Waals surface area contributed by atoms with Crippen molar-refractivity contribution in [1.29, 1.82) is 0 Å². The SMILES string of the molecule is COC(=O)c1cc2cn[nH]c2nc1OC(C)C. The van der Waals surface area contributed by atoms with Gasteiger partial charge in [0.15, 0.2) is 5.65 Å². The molecule has 17 heavy (non-hydrogen) atoms. The first-order valence-corrected chi connectivity index (χ1v) is 5.21. The molecule has 0 fully saturated rings. The van der Waals surface area contributed by atoms with Crippen LogP contribution in [0.3, 0.4) is 0 Å². The van der Waals surface area contributed by atoms with Crippen molar-refractivity contribution in [2.75, 3.05) is 7.11 Å². The third-order valence-corrected chi connectivity index (χ3v) is 2.14. The van der Waals surface area contributed by atoms with Crippen LogP contribution >= 0.6 is 0 Å². The van der Waals surface area contributed by atoms with Crippen molar-refractivity contribution < 1.29 is 14.3 Å². The van der Waals surface area contributed by atoms with Crippen LogP contribution in [0.5, 0.6) is 5.88 Å². The summed E-state index contributed by atoms with van der Waals surface area (Å²) < 4.78 is 10.2. The summed E-state index contributed by atoms with van der Waals surface area (Å²) in [5.41, 5.74) is 0.878. The first-order chi connectivity index (χ1) is 8.11. The number of methoxy groups -OCH3 is 1. The summed E-state index contributed by atoms with van der Waals surface area (Å²) in [6.07, 6.45) is 1.51. The Morgan fingerprint density at radius 1 is 1.47 bits per heavy atom. The highest BCUT2D eigenvalue weighted by Gasteiger charge is 2.17. The Kier molecular flexibility index (Phi) is 2.95. The number of H-pyrrole nitrogens is 1. The van der Waals surface area contributed by atoms with Gasteiger partial charge in [0.05, 0.1) is 19.4 Å². The number of carbonyl (C=O) groups excluding carboxylic acids is 1. The Balaban J connectivity index is 2.55. The van der Waals surface area contributed by atoms with Gasteiger partial charge in [0.2, 0.25) is 5.88 Å². The van der Waals surface area contributed by atoms with Gasteiger partial charge >= 0.3 is 5.97 Å². The lowest BCUT2D eigenvalue weighted by atomic mass is 10.2. The fourth-order valence-corrected chi connectivity index (χ4v) is 1.43. The lowest BCUT2D eigenvalue weighted by molar-refractivity contribution is 0.0593. The fraction of sp³-hybridized carbons (Fsp3) is 0.364. The molecule has 2 heterocycles. The molecule has 0 bridgehead atoms. The molecular formula is C11H13N3O3. The molecule has 0 saturated heterocycles. The summed E-state index contributed by atoms with van der Waals surface area (Å²) in [4.78, 5) is 15.8. The van der Waals surface area contributed by atoms with Crippen molar-refractivity contribution in [2.24, 2.45) is 0 Å². The van der Waals surface area contributed by atoms with Crippen LogP contribution in [0, 0.1) is 0 Å². The second kappa shape index (κ2) is 4.40. The Hall–Kier alpha value is -2.11. The van der Waals surface area contributed by atoms with Crippen molar-refractivity contribution in [1.82, 2.24) is 15.2 Å². The topological polar surface area (TPSA) is 77.1 Å². The maximum atomic E-state index is 11.6. The van der Waals surface area contributed by atoms with Crippen molar-refractivity contribution in [3.05, 3.63) is 17.8 Å². The van der Waals surface area contributed by atoms with Crippen molar-refractivity contribution in [3.8, 4) is 5.88 Å². The van der Waals surface area contributed by atoms with Crippen LogP contribution in [0.25, 0.3) is 11.0 Å². The number of esters is 1. The van der Waals surface area contributed by atoms with Gasteiger partial charge in [-0.3, -0.25) is 5.10 Å². The number of aromatic nitrogens is 3. The molecule has 1 N–H and O–H groups in total. The first kappa shape index (κ1) is 11.4. The zero-order valence-corrected chi connectivity index (χ0v) is 9.85. The average molecular weight is 235 g/mol. The summed E-state index contributed by atoms with van der Waals surface area (Å²) in [6, 6.07) is 1.65. The molecule has 0 aliphatic rings. The highest BCUT2D eigenvalue weighted by atomic mass is 16.5. The monoisotopic (exact) mass is 235 g/mol. The second-order valence-corrected chi connectivity index (χ2v) is 3.81. The van der Waals surface area contributed by atoms with Gasteiger partial charge in [-0.25, -0.2) is 4.79 Å². The van der Waals surface area contributed by atoms with E-state index in [2.05, 4.69) is 15.2 Å². The quantitative estimate of drug-likeness (QED) is 0.816. The highest BCUT2D eigenvalue weighted by molar-refractivity contribution is 5.95. The minimum Gasteiger partial charge on any atom is -0.474 e. The highest BCUT2D eigenvalue weighted by Crippen LogP contribution is 2.22. The summed E-state index contributed by atoms with van der Waals surface area (Å²) in [7, 11) is 1.32. The smallest absolute Gasteiger partial charge is 0.343 e. The minimum absolute atomic E-state index is 0.0775. The van der Waals surface area contributed by atoms with E-state index >= 15 is 0 Å². The Morgan fingerprint density at radius 3 is 2.88 bits per heavy atom. The van der Waals surface area contributed by atoms with Crippen LogP contribution in [-0.4, -0.2) is 34.4 Å². The minimum atomic E-state index is -0.476. The van der Waals surface area contributed by atoms with E-state index in [4.69, 9.17) is 9.47 Å². The Bertz CT molecular complexity index is 548. The van der Waals surface area contributed by atoms with Gasteiger partial charge < -0.3 is 9.47 Å². The third-order valence-electron chi connectivity index (χ3n) is 2.14. The van der Waals surface area contributed by atoms with Crippen LogP contribution in [-0.2, 0) is 4.74 Å². The number of fused-ring (bicyclic) bond motifs is 1. The van der Waals surface area contributed by atoms with Gasteiger partial charge in [0.1, 0.15) is 5.56 Å². The van der Waals surface area contributed by atoms with Gasteiger partial charge in [-0.1, -0.05) is 0 Å². The molecule has 0 atom stereocenters. The van der Waals surface area contributed by atoms with Gasteiger partial charge in [0.25, 0.3) is 0 Å². The predicted octanol–water partition coefficient (Wildman–Crippen LogP) is 1.53. The van der Waals surface area contributed by atoms with Crippen molar-refractivity contribution in [3.63, 3.8) is 0 Å². The van der Waals surface area contributed by atoms with E-state index in [1.165, 1.54) is 7.11 Å². The number of nitrogens with zero attached hydrogens (tertiary/aromatic N) is 2.